The quantitative estimate of drug-likeness (QED) is 0.761. The first-order valence-corrected chi connectivity index (χ1v) is 4.46. The first kappa shape index (κ1) is 9.49. The van der Waals surface area contributed by atoms with Crippen molar-refractivity contribution in [1.82, 2.24) is 4.98 Å². The van der Waals surface area contributed by atoms with E-state index in [0.29, 0.717) is 11.1 Å². The summed E-state index contributed by atoms with van der Waals surface area (Å²) in [7, 11) is 0. The molecule has 2 aromatic rings. The van der Waals surface area contributed by atoms with Crippen LogP contribution in [0.15, 0.2) is 27.4 Å². The summed E-state index contributed by atoms with van der Waals surface area (Å²) < 4.78 is 4.89. The van der Waals surface area contributed by atoms with Crippen molar-refractivity contribution in [3.63, 3.8) is 0 Å². The number of oxazole rings is 1. The molecule has 76 valence electrons. The molecule has 5 nitrogen and oxygen atoms in total. The lowest BCUT2D eigenvalue weighted by Gasteiger charge is -2.06. The van der Waals surface area contributed by atoms with Crippen LogP contribution >= 0.6 is 0 Å². The Morgan fingerprint density at radius 2 is 2.40 bits per heavy atom. The second kappa shape index (κ2) is 3.59. The molecular formula is C10H9N3O2. The molecule has 1 aromatic heterocycles. The molecule has 0 saturated carbocycles. The number of nitrogens with one attached hydrogen (secondary N) is 1. The van der Waals surface area contributed by atoms with E-state index in [-0.39, 0.29) is 12.5 Å². The summed E-state index contributed by atoms with van der Waals surface area (Å²) in [5.41, 5.74) is 7.63. The summed E-state index contributed by atoms with van der Waals surface area (Å²) in [5.74, 6) is -0.490. The zero-order chi connectivity index (χ0) is 10.8. The van der Waals surface area contributed by atoms with E-state index in [2.05, 4.69) is 4.98 Å². The Morgan fingerprint density at radius 3 is 3.13 bits per heavy atom. The number of nitrogens with zero attached hydrogens (tertiary/aromatic N) is 1. The van der Waals surface area contributed by atoms with Gasteiger partial charge in [0.1, 0.15) is 0 Å². The number of hydrogen-bond donors (Lipinski definition) is 2. The number of fused-ring (bicyclic) bond motifs is 1. The van der Waals surface area contributed by atoms with Crippen molar-refractivity contribution in [2.75, 3.05) is 0 Å². The average Bonchev–Trinajstić information content (AvgIpc) is 2.57. The SMILES string of the molecule is N#CCC(N)c1ccc2[nH]c(=O)oc2c1. The number of rotatable bonds is 2. The Kier molecular flexibility index (Phi) is 2.27. The van der Waals surface area contributed by atoms with Crippen molar-refractivity contribution in [2.45, 2.75) is 12.5 Å². The van der Waals surface area contributed by atoms with Gasteiger partial charge in [-0.25, -0.2) is 4.79 Å². The van der Waals surface area contributed by atoms with Gasteiger partial charge in [0.25, 0.3) is 0 Å². The van der Waals surface area contributed by atoms with E-state index < -0.39 is 5.76 Å². The Bertz CT molecular complexity index is 576. The van der Waals surface area contributed by atoms with Crippen molar-refractivity contribution in [2.24, 2.45) is 5.73 Å². The first-order valence-electron chi connectivity index (χ1n) is 4.46. The van der Waals surface area contributed by atoms with Gasteiger partial charge in [0.2, 0.25) is 0 Å². The van der Waals surface area contributed by atoms with E-state index in [9.17, 15) is 4.79 Å². The number of benzene rings is 1. The molecular weight excluding hydrogens is 194 g/mol. The maximum atomic E-state index is 10.9. The standard InChI is InChI=1S/C10H9N3O2/c11-4-3-7(12)6-1-2-8-9(5-6)15-10(14)13-8/h1-2,5,7H,3,12H2,(H,13,14). The monoisotopic (exact) mass is 203 g/mol. The number of nitrogens with two attached hydrogens (primary N) is 1. The fourth-order valence-corrected chi connectivity index (χ4v) is 1.41. The molecule has 0 fully saturated rings. The highest BCUT2D eigenvalue weighted by molar-refractivity contribution is 5.72. The third-order valence-electron chi connectivity index (χ3n) is 2.18. The van der Waals surface area contributed by atoms with Crippen LogP contribution in [0.5, 0.6) is 0 Å². The molecule has 0 radical (unpaired) electrons. The van der Waals surface area contributed by atoms with Gasteiger partial charge in [0.15, 0.2) is 5.58 Å². The molecule has 0 aliphatic carbocycles. The molecule has 1 unspecified atom stereocenters. The van der Waals surface area contributed by atoms with E-state index in [4.69, 9.17) is 15.4 Å². The number of aromatic amines is 1. The predicted octanol–water partition coefficient (Wildman–Crippen LogP) is 1.03. The fourth-order valence-electron chi connectivity index (χ4n) is 1.41. The molecule has 2 rings (SSSR count). The van der Waals surface area contributed by atoms with Crippen LogP contribution in [-0.4, -0.2) is 4.98 Å². The molecule has 0 spiro atoms. The summed E-state index contributed by atoms with van der Waals surface area (Å²) in [5, 5.41) is 8.51. The maximum Gasteiger partial charge on any atom is 0.417 e. The van der Waals surface area contributed by atoms with Crippen LogP contribution < -0.4 is 11.5 Å². The average molecular weight is 203 g/mol. The van der Waals surface area contributed by atoms with Crippen LogP contribution in [0, 0.1) is 11.3 Å². The van der Waals surface area contributed by atoms with Gasteiger partial charge < -0.3 is 10.2 Å². The minimum atomic E-state index is -0.490. The zero-order valence-corrected chi connectivity index (χ0v) is 7.86. The van der Waals surface area contributed by atoms with E-state index in [0.717, 1.165) is 5.56 Å². The molecule has 3 N–H and O–H groups in total. The van der Waals surface area contributed by atoms with E-state index in [1.807, 2.05) is 6.07 Å². The lowest BCUT2D eigenvalue weighted by molar-refractivity contribution is 0.554. The molecule has 15 heavy (non-hydrogen) atoms. The smallest absolute Gasteiger partial charge is 0.408 e. The van der Waals surface area contributed by atoms with Crippen LogP contribution in [0.2, 0.25) is 0 Å². The van der Waals surface area contributed by atoms with E-state index >= 15 is 0 Å². The molecule has 1 heterocycles. The van der Waals surface area contributed by atoms with Crippen molar-refractivity contribution in [3.05, 3.63) is 34.3 Å². The predicted molar refractivity (Wildman–Crippen MR) is 54.0 cm³/mol. The lowest BCUT2D eigenvalue weighted by Crippen LogP contribution is -2.08. The first-order chi connectivity index (χ1) is 7.20. The summed E-state index contributed by atoms with van der Waals surface area (Å²) in [6.07, 6.45) is 0.236. The largest absolute Gasteiger partial charge is 0.417 e. The molecule has 0 bridgehead atoms. The van der Waals surface area contributed by atoms with Gasteiger partial charge in [-0.1, -0.05) is 6.07 Å². The van der Waals surface area contributed by atoms with Gasteiger partial charge in [-0.15, -0.1) is 0 Å². The highest BCUT2D eigenvalue weighted by atomic mass is 16.4. The maximum absolute atomic E-state index is 10.9. The van der Waals surface area contributed by atoms with Gasteiger partial charge in [0.05, 0.1) is 18.0 Å². The Morgan fingerprint density at radius 1 is 1.60 bits per heavy atom. The Hall–Kier alpha value is -2.06. The molecule has 1 atom stereocenters. The molecule has 0 aliphatic heterocycles. The van der Waals surface area contributed by atoms with Crippen molar-refractivity contribution >= 4 is 11.1 Å². The topological polar surface area (TPSA) is 95.8 Å². The summed E-state index contributed by atoms with van der Waals surface area (Å²) >= 11 is 0. The van der Waals surface area contributed by atoms with Crippen molar-refractivity contribution in [3.8, 4) is 6.07 Å². The normalized spacial score (nSPS) is 12.5. The Balaban J connectivity index is 2.47. The highest BCUT2D eigenvalue weighted by Gasteiger charge is 2.08. The highest BCUT2D eigenvalue weighted by Crippen LogP contribution is 2.18. The summed E-state index contributed by atoms with van der Waals surface area (Å²) in [4.78, 5) is 13.4. The number of hydrogen-bond acceptors (Lipinski definition) is 4. The van der Waals surface area contributed by atoms with Gasteiger partial charge in [-0.3, -0.25) is 4.98 Å². The van der Waals surface area contributed by atoms with Crippen LogP contribution in [0.25, 0.3) is 11.1 Å². The van der Waals surface area contributed by atoms with Crippen LogP contribution in [0.3, 0.4) is 0 Å². The third-order valence-corrected chi connectivity index (χ3v) is 2.18. The van der Waals surface area contributed by atoms with E-state index in [1.165, 1.54) is 0 Å². The van der Waals surface area contributed by atoms with Crippen LogP contribution in [0.4, 0.5) is 0 Å². The molecule has 1 aromatic carbocycles. The number of aromatic nitrogens is 1. The number of nitriles is 1. The second-order valence-electron chi connectivity index (χ2n) is 3.24. The summed E-state index contributed by atoms with van der Waals surface area (Å²) in [6.45, 7) is 0. The second-order valence-corrected chi connectivity index (χ2v) is 3.24. The van der Waals surface area contributed by atoms with Crippen LogP contribution in [0.1, 0.15) is 18.0 Å². The fraction of sp³-hybridized carbons (Fsp3) is 0.200. The molecule has 0 amide bonds. The summed E-state index contributed by atoms with van der Waals surface area (Å²) in [6, 6.07) is 6.81. The van der Waals surface area contributed by atoms with E-state index in [1.54, 1.807) is 18.2 Å². The minimum absolute atomic E-state index is 0.236. The lowest BCUT2D eigenvalue weighted by atomic mass is 10.1. The van der Waals surface area contributed by atoms with Gasteiger partial charge in [0, 0.05) is 6.04 Å². The number of H-pyrrole nitrogens is 1. The van der Waals surface area contributed by atoms with Gasteiger partial charge in [-0.2, -0.15) is 5.26 Å². The minimum Gasteiger partial charge on any atom is -0.408 e. The molecule has 0 aliphatic rings. The third kappa shape index (κ3) is 1.75. The van der Waals surface area contributed by atoms with Crippen LogP contribution in [-0.2, 0) is 0 Å². The molecule has 5 heteroatoms. The van der Waals surface area contributed by atoms with Gasteiger partial charge in [-0.05, 0) is 17.7 Å². The Labute approximate surface area is 85.1 Å². The van der Waals surface area contributed by atoms with Crippen molar-refractivity contribution < 1.29 is 4.42 Å². The zero-order valence-electron chi connectivity index (χ0n) is 7.86. The molecule has 0 saturated heterocycles. The van der Waals surface area contributed by atoms with Gasteiger partial charge >= 0.3 is 5.76 Å². The van der Waals surface area contributed by atoms with Crippen molar-refractivity contribution in [1.29, 1.82) is 5.26 Å².